The summed E-state index contributed by atoms with van der Waals surface area (Å²) in [5, 5.41) is 12.3. The molecular weight excluding hydrogens is 284 g/mol. The zero-order chi connectivity index (χ0) is 16.0. The Labute approximate surface area is 138 Å². The molecular formula is C20H24N2O. The Morgan fingerprint density at radius 1 is 1.22 bits per heavy atom. The Hall–Kier alpha value is -1.82. The highest BCUT2D eigenvalue weighted by molar-refractivity contribution is 5.94. The van der Waals surface area contributed by atoms with E-state index in [9.17, 15) is 4.79 Å². The Kier molecular flexibility index (Phi) is 3.44. The van der Waals surface area contributed by atoms with Gasteiger partial charge in [0, 0.05) is 11.6 Å². The maximum absolute atomic E-state index is 12.6. The molecule has 1 aromatic rings. The molecule has 4 saturated carbocycles. The van der Waals surface area contributed by atoms with E-state index in [0.717, 1.165) is 17.8 Å². The van der Waals surface area contributed by atoms with Crippen LogP contribution in [0.1, 0.15) is 61.4 Å². The van der Waals surface area contributed by atoms with Crippen LogP contribution in [0.3, 0.4) is 0 Å². The minimum atomic E-state index is -0.0367. The van der Waals surface area contributed by atoms with Crippen LogP contribution < -0.4 is 5.32 Å². The summed E-state index contributed by atoms with van der Waals surface area (Å²) in [6.45, 7) is 2.19. The third-order valence-corrected chi connectivity index (χ3v) is 6.61. The molecule has 0 saturated heterocycles. The van der Waals surface area contributed by atoms with Gasteiger partial charge in [0.05, 0.1) is 11.6 Å². The predicted molar refractivity (Wildman–Crippen MR) is 88.7 cm³/mol. The molecule has 4 aliphatic rings. The third-order valence-electron chi connectivity index (χ3n) is 6.61. The Morgan fingerprint density at radius 3 is 2.39 bits per heavy atom. The van der Waals surface area contributed by atoms with E-state index in [1.165, 1.54) is 38.5 Å². The van der Waals surface area contributed by atoms with E-state index < -0.39 is 0 Å². The molecule has 0 unspecified atom stereocenters. The number of nitrogens with one attached hydrogen (secondary N) is 1. The van der Waals surface area contributed by atoms with E-state index >= 15 is 0 Å². The predicted octanol–water partition coefficient (Wildman–Crippen LogP) is 3.89. The lowest BCUT2D eigenvalue weighted by Crippen LogP contribution is -2.55. The lowest BCUT2D eigenvalue weighted by Gasteiger charge is -2.59. The average molecular weight is 308 g/mol. The van der Waals surface area contributed by atoms with Crippen molar-refractivity contribution in [3.63, 3.8) is 0 Å². The number of nitrogens with zero attached hydrogens (tertiary/aromatic N) is 1. The number of amides is 1. The number of rotatable bonds is 3. The first-order chi connectivity index (χ1) is 11.1. The molecule has 3 nitrogen and oxygen atoms in total. The molecule has 23 heavy (non-hydrogen) atoms. The maximum atomic E-state index is 12.6. The monoisotopic (exact) mass is 308 g/mol. The topological polar surface area (TPSA) is 52.9 Å². The Balaban J connectivity index is 1.50. The quantitative estimate of drug-likeness (QED) is 0.921. The molecule has 0 aliphatic heterocycles. The van der Waals surface area contributed by atoms with Gasteiger partial charge < -0.3 is 5.32 Å². The van der Waals surface area contributed by atoms with Gasteiger partial charge in [-0.3, -0.25) is 4.79 Å². The second-order valence-electron chi connectivity index (χ2n) is 8.17. The van der Waals surface area contributed by atoms with Gasteiger partial charge in [-0.2, -0.15) is 5.26 Å². The van der Waals surface area contributed by atoms with Crippen LogP contribution in [0.2, 0.25) is 0 Å². The molecule has 120 valence electrons. The summed E-state index contributed by atoms with van der Waals surface area (Å²) in [4.78, 5) is 12.6. The van der Waals surface area contributed by atoms with Gasteiger partial charge >= 0.3 is 0 Å². The minimum Gasteiger partial charge on any atom is -0.349 e. The van der Waals surface area contributed by atoms with Crippen molar-refractivity contribution in [2.75, 3.05) is 0 Å². The second kappa shape index (κ2) is 5.37. The first-order valence-electron chi connectivity index (χ1n) is 8.89. The Bertz CT molecular complexity index is 637. The summed E-state index contributed by atoms with van der Waals surface area (Å²) >= 11 is 0. The first-order valence-corrected chi connectivity index (χ1v) is 8.89. The van der Waals surface area contributed by atoms with Crippen LogP contribution >= 0.6 is 0 Å². The molecule has 3 heteroatoms. The van der Waals surface area contributed by atoms with Crippen LogP contribution in [-0.4, -0.2) is 11.9 Å². The van der Waals surface area contributed by atoms with Crippen molar-refractivity contribution in [1.82, 2.24) is 5.32 Å². The van der Waals surface area contributed by atoms with Gasteiger partial charge in [0.2, 0.25) is 0 Å². The van der Waals surface area contributed by atoms with Crippen LogP contribution in [0.25, 0.3) is 0 Å². The van der Waals surface area contributed by atoms with Crippen molar-refractivity contribution >= 4 is 5.91 Å². The average Bonchev–Trinajstić information content (AvgIpc) is 2.53. The first kappa shape index (κ1) is 14.8. The fourth-order valence-corrected chi connectivity index (χ4v) is 5.87. The zero-order valence-corrected chi connectivity index (χ0v) is 13.7. The minimum absolute atomic E-state index is 0.0367. The molecule has 4 aliphatic carbocycles. The van der Waals surface area contributed by atoms with Gasteiger partial charge in [-0.25, -0.2) is 0 Å². The molecule has 0 radical (unpaired) electrons. The van der Waals surface area contributed by atoms with Crippen molar-refractivity contribution in [3.8, 4) is 6.07 Å². The van der Waals surface area contributed by atoms with Crippen LogP contribution in [0, 0.1) is 34.5 Å². The molecule has 1 N–H and O–H groups in total. The smallest absolute Gasteiger partial charge is 0.251 e. The summed E-state index contributed by atoms with van der Waals surface area (Å²) in [6, 6.07) is 9.31. The summed E-state index contributed by atoms with van der Waals surface area (Å²) in [5.41, 5.74) is 1.46. The standard InChI is InChI=1S/C20H24N2O/c1-13(22-19(23)18-4-2-3-14(8-18)12-21)20-9-15-5-16(10-20)7-17(6-15)11-20/h2-4,8,13,15-17H,5-7,9-11H2,1H3,(H,22,23)/t13-,15?,16?,17?,20?/m0/s1. The van der Waals surface area contributed by atoms with E-state index in [0.29, 0.717) is 16.5 Å². The Morgan fingerprint density at radius 2 is 1.83 bits per heavy atom. The normalized spacial score (nSPS) is 35.6. The van der Waals surface area contributed by atoms with Gasteiger partial charge in [0.25, 0.3) is 5.91 Å². The summed E-state index contributed by atoms with van der Waals surface area (Å²) < 4.78 is 0. The summed E-state index contributed by atoms with van der Waals surface area (Å²) in [6.07, 6.45) is 8.13. The maximum Gasteiger partial charge on any atom is 0.251 e. The molecule has 1 atom stereocenters. The van der Waals surface area contributed by atoms with Crippen molar-refractivity contribution in [1.29, 1.82) is 5.26 Å². The molecule has 0 heterocycles. The molecule has 4 fully saturated rings. The largest absolute Gasteiger partial charge is 0.349 e. The third kappa shape index (κ3) is 2.55. The van der Waals surface area contributed by atoms with Gasteiger partial charge in [0.15, 0.2) is 0 Å². The van der Waals surface area contributed by atoms with Crippen LogP contribution in [0.5, 0.6) is 0 Å². The van der Waals surface area contributed by atoms with E-state index in [4.69, 9.17) is 5.26 Å². The van der Waals surface area contributed by atoms with Crippen LogP contribution in [-0.2, 0) is 0 Å². The van der Waals surface area contributed by atoms with E-state index in [-0.39, 0.29) is 11.9 Å². The zero-order valence-electron chi connectivity index (χ0n) is 13.7. The van der Waals surface area contributed by atoms with Crippen molar-refractivity contribution < 1.29 is 4.79 Å². The fraction of sp³-hybridized carbons (Fsp3) is 0.600. The van der Waals surface area contributed by atoms with Crippen molar-refractivity contribution in [3.05, 3.63) is 35.4 Å². The number of hydrogen-bond acceptors (Lipinski definition) is 2. The number of carbonyl (C=O) groups excluding carboxylic acids is 1. The number of benzene rings is 1. The van der Waals surface area contributed by atoms with Gasteiger partial charge in [-0.1, -0.05) is 6.07 Å². The molecule has 5 rings (SSSR count). The molecule has 0 aromatic heterocycles. The van der Waals surface area contributed by atoms with E-state index in [2.05, 4.69) is 18.3 Å². The van der Waals surface area contributed by atoms with E-state index in [1.807, 2.05) is 0 Å². The van der Waals surface area contributed by atoms with Crippen LogP contribution in [0.15, 0.2) is 24.3 Å². The van der Waals surface area contributed by atoms with E-state index in [1.54, 1.807) is 24.3 Å². The van der Waals surface area contributed by atoms with Crippen LogP contribution in [0.4, 0.5) is 0 Å². The lowest BCUT2D eigenvalue weighted by molar-refractivity contribution is -0.0688. The number of carbonyl (C=O) groups is 1. The molecule has 0 spiro atoms. The van der Waals surface area contributed by atoms with Crippen molar-refractivity contribution in [2.45, 2.75) is 51.5 Å². The highest BCUT2D eigenvalue weighted by Crippen LogP contribution is 2.61. The molecule has 1 amide bonds. The highest BCUT2D eigenvalue weighted by atomic mass is 16.1. The molecule has 1 aromatic carbocycles. The summed E-state index contributed by atoms with van der Waals surface area (Å²) in [7, 11) is 0. The van der Waals surface area contributed by atoms with Gasteiger partial charge in [-0.15, -0.1) is 0 Å². The van der Waals surface area contributed by atoms with Gasteiger partial charge in [0.1, 0.15) is 0 Å². The summed E-state index contributed by atoms with van der Waals surface area (Å²) in [5.74, 6) is 2.64. The fourth-order valence-electron chi connectivity index (χ4n) is 5.87. The number of hydrogen-bond donors (Lipinski definition) is 1. The number of nitriles is 1. The van der Waals surface area contributed by atoms with Crippen molar-refractivity contribution in [2.24, 2.45) is 23.2 Å². The highest BCUT2D eigenvalue weighted by Gasteiger charge is 2.53. The SMILES string of the molecule is C[C@H](NC(=O)c1cccc(C#N)c1)C12CC3CC(CC(C3)C1)C2. The second-order valence-corrected chi connectivity index (χ2v) is 8.17. The lowest BCUT2D eigenvalue weighted by atomic mass is 9.48. The molecule has 4 bridgehead atoms. The van der Waals surface area contributed by atoms with Gasteiger partial charge in [-0.05, 0) is 86.8 Å².